The topological polar surface area (TPSA) is 23.1 Å². The summed E-state index contributed by atoms with van der Waals surface area (Å²) < 4.78 is 105. The van der Waals surface area contributed by atoms with Gasteiger partial charge in [0.2, 0.25) is 0 Å². The Labute approximate surface area is 127 Å². The second-order valence-corrected chi connectivity index (χ2v) is 9.06. The second kappa shape index (κ2) is 8.74. The fourth-order valence-electron chi connectivity index (χ4n) is 0.910. The van der Waals surface area contributed by atoms with Crippen molar-refractivity contribution < 1.29 is 44.6 Å². The molecule has 0 bridgehead atoms. The van der Waals surface area contributed by atoms with Gasteiger partial charge in [-0.2, -0.15) is 39.5 Å². The van der Waals surface area contributed by atoms with Crippen LogP contribution in [0.15, 0.2) is 0 Å². The van der Waals surface area contributed by atoms with E-state index >= 15 is 0 Å². The van der Waals surface area contributed by atoms with E-state index in [1.165, 1.54) is 12.8 Å². The second-order valence-electron chi connectivity index (χ2n) is 3.85. The minimum absolute atomic E-state index is 0.103. The van der Waals surface area contributed by atoms with Crippen molar-refractivity contribution in [2.75, 3.05) is 0 Å². The largest absolute Gasteiger partial charge is 0.830 e. The van der Waals surface area contributed by atoms with Gasteiger partial charge in [-0.25, -0.2) is 0 Å². The summed E-state index contributed by atoms with van der Waals surface area (Å²) >= 11 is 0.103. The van der Waals surface area contributed by atoms with E-state index in [0.717, 1.165) is 0 Å². The van der Waals surface area contributed by atoms with Crippen LogP contribution in [0.1, 0.15) is 26.7 Å². The number of hydrogen-bond acceptors (Lipinski definition) is 1. The molecular weight excluding hydrogens is 516 g/mol. The summed E-state index contributed by atoms with van der Waals surface area (Å²) in [4.78, 5) is 0. The Balaban J connectivity index is 0. The van der Waals surface area contributed by atoms with Crippen LogP contribution in [-0.2, 0) is 0 Å². The molecule has 1 nitrogen and oxygen atoms in total. The molecule has 128 valence electrons. The summed E-state index contributed by atoms with van der Waals surface area (Å²) in [6.07, 6.45) is -18.1. The predicted octanol–water partition coefficient (Wildman–Crippen LogP) is 4.12. The van der Waals surface area contributed by atoms with Gasteiger partial charge in [0.25, 0.3) is 0 Å². The van der Waals surface area contributed by atoms with Gasteiger partial charge in [-0.3, -0.25) is 0 Å². The van der Waals surface area contributed by atoms with Crippen molar-refractivity contribution in [1.82, 2.24) is 0 Å². The average molecular weight is 530 g/mol. The molecule has 2 radical (unpaired) electrons. The van der Waals surface area contributed by atoms with Crippen molar-refractivity contribution in [2.24, 2.45) is 0 Å². The van der Waals surface area contributed by atoms with E-state index in [4.69, 9.17) is 0 Å². The van der Waals surface area contributed by atoms with Crippen molar-refractivity contribution in [1.29, 1.82) is 0 Å². The molecule has 0 rings (SSSR count). The third-order valence-corrected chi connectivity index (χ3v) is 7.90. The SMILES string of the molecule is CC[CH2][Bi+][CH2]CC.[O-]C(C(F)(F)F)(C(F)(F)F)C(F)(F)F. The normalized spacial score (nSPS) is 13.7. The molecule has 0 aromatic rings. The van der Waals surface area contributed by atoms with Crippen LogP contribution in [0.25, 0.3) is 0 Å². The first-order valence-corrected chi connectivity index (χ1v) is 10.6. The third kappa shape index (κ3) is 6.88. The Kier molecular flexibility index (Phi) is 9.78. The minimum Gasteiger partial charge on any atom is -0.830 e. The maximum absolute atomic E-state index is 11.3. The Bertz CT molecular complexity index is 242. The van der Waals surface area contributed by atoms with Crippen molar-refractivity contribution in [3.63, 3.8) is 0 Å². The zero-order valence-corrected chi connectivity index (χ0v) is 14.6. The van der Waals surface area contributed by atoms with E-state index in [2.05, 4.69) is 13.8 Å². The first-order chi connectivity index (χ1) is 9.16. The molecule has 21 heavy (non-hydrogen) atoms. The fraction of sp³-hybridized carbons (Fsp3) is 1.00. The average Bonchev–Trinajstić information content (AvgIpc) is 2.25. The molecule has 0 atom stereocenters. The molecule has 11 heteroatoms. The van der Waals surface area contributed by atoms with E-state index in [1.807, 2.05) is 0 Å². The smallest absolute Gasteiger partial charge is 0.397 e. The van der Waals surface area contributed by atoms with Crippen molar-refractivity contribution in [2.45, 2.75) is 59.1 Å². The van der Waals surface area contributed by atoms with Crippen LogP contribution in [0.3, 0.4) is 0 Å². The van der Waals surface area contributed by atoms with Crippen LogP contribution < -0.4 is 5.11 Å². The molecule has 0 saturated heterocycles. The zero-order chi connectivity index (χ0) is 17.5. The van der Waals surface area contributed by atoms with E-state index in [-0.39, 0.29) is 23.2 Å². The molecule has 0 aliphatic heterocycles. The Morgan fingerprint density at radius 3 is 1.00 bits per heavy atom. The third-order valence-electron chi connectivity index (χ3n) is 1.96. The van der Waals surface area contributed by atoms with Gasteiger partial charge in [-0.1, -0.05) is 0 Å². The summed E-state index contributed by atoms with van der Waals surface area (Å²) in [5, 5.41) is 9.79. The minimum atomic E-state index is -6.98. The molecule has 0 spiro atoms. The van der Waals surface area contributed by atoms with Gasteiger partial charge in [0.15, 0.2) is 5.60 Å². The first kappa shape index (κ1) is 23.5. The molecule has 0 heterocycles. The molecule has 0 saturated carbocycles. The van der Waals surface area contributed by atoms with Gasteiger partial charge in [-0.05, 0) is 0 Å². The van der Waals surface area contributed by atoms with E-state index < -0.39 is 24.1 Å². The molecule has 0 unspecified atom stereocenters. The molecule has 0 aromatic heterocycles. The molecule has 0 aromatic carbocycles. The van der Waals surface area contributed by atoms with Crippen molar-refractivity contribution in [3.05, 3.63) is 0 Å². The van der Waals surface area contributed by atoms with Crippen LogP contribution in [-0.4, -0.2) is 47.4 Å². The van der Waals surface area contributed by atoms with Gasteiger partial charge in [0.1, 0.15) is 0 Å². The summed E-state index contributed by atoms with van der Waals surface area (Å²) in [6.45, 7) is 4.58. The van der Waals surface area contributed by atoms with Crippen LogP contribution >= 0.6 is 0 Å². The van der Waals surface area contributed by atoms with Gasteiger partial charge in [0.05, 0.1) is 0 Å². The fourth-order valence-corrected chi connectivity index (χ4v) is 4.24. The molecule has 0 aliphatic carbocycles. The Morgan fingerprint density at radius 1 is 0.667 bits per heavy atom. The summed E-state index contributed by atoms with van der Waals surface area (Å²) in [6, 6.07) is 0. The predicted molar refractivity (Wildman–Crippen MR) is 56.8 cm³/mol. The van der Waals surface area contributed by atoms with Gasteiger partial charge in [0, 0.05) is 0 Å². The first-order valence-electron chi connectivity index (χ1n) is 5.70. The summed E-state index contributed by atoms with van der Waals surface area (Å²) in [7, 11) is 0. The van der Waals surface area contributed by atoms with Crippen molar-refractivity contribution >= 4 is 23.2 Å². The van der Waals surface area contributed by atoms with Gasteiger partial charge >= 0.3 is 76.7 Å². The molecule has 0 aliphatic rings. The number of rotatable bonds is 4. The van der Waals surface area contributed by atoms with Gasteiger partial charge in [-0.15, -0.1) is 0 Å². The maximum atomic E-state index is 11.3. The number of alkyl halides is 9. The molecule has 0 fully saturated rings. The standard InChI is InChI=1S/C4F9O.2C3H7.Bi/c5-2(6,7)1(14,3(8,9)10)4(11,12)13;2*1-3-2;/h;2*1,3H2,2H3;/q-1;;;+1. The zero-order valence-electron chi connectivity index (χ0n) is 11.1. The molecule has 0 N–H and O–H groups in total. The maximum Gasteiger partial charge on any atom is 0.397 e. The monoisotopic (exact) mass is 530 g/mol. The summed E-state index contributed by atoms with van der Waals surface area (Å²) in [5.41, 5.74) is -6.94. The Hall–Kier alpha value is 0.213. The number of hydrogen-bond donors (Lipinski definition) is 0. The Morgan fingerprint density at radius 2 is 0.905 bits per heavy atom. The van der Waals surface area contributed by atoms with Crippen LogP contribution in [0.5, 0.6) is 0 Å². The van der Waals surface area contributed by atoms with Crippen LogP contribution in [0.4, 0.5) is 39.5 Å². The quantitative estimate of drug-likeness (QED) is 0.305. The number of halogens is 9. The van der Waals surface area contributed by atoms with E-state index in [0.29, 0.717) is 0 Å². The summed E-state index contributed by atoms with van der Waals surface area (Å²) in [5.74, 6) is 0. The molecule has 0 amide bonds. The van der Waals surface area contributed by atoms with E-state index in [9.17, 15) is 44.6 Å². The van der Waals surface area contributed by atoms with Crippen molar-refractivity contribution in [3.8, 4) is 0 Å². The van der Waals surface area contributed by atoms with E-state index in [1.54, 1.807) is 8.26 Å². The van der Waals surface area contributed by atoms with Crippen LogP contribution in [0.2, 0.25) is 8.26 Å². The van der Waals surface area contributed by atoms with Gasteiger partial charge < -0.3 is 5.11 Å². The molecular formula is C10H14BiF9O. The van der Waals surface area contributed by atoms with Crippen LogP contribution in [0, 0.1) is 0 Å².